The Balaban J connectivity index is 1.92. The Hall–Kier alpha value is -0.120. The first kappa shape index (κ1) is 14.3. The zero-order valence-electron chi connectivity index (χ0n) is 11.7. The molecule has 1 N–H and O–H groups in total. The molecular formula is C15H28O3. The molecule has 1 atom stereocenters. The average Bonchev–Trinajstić information content (AvgIpc) is 2.66. The Morgan fingerprint density at radius 3 is 2.33 bits per heavy atom. The standard InChI is InChI=1S/C15H28O3/c1-17-15(8-4-2-3-5-9-15)14(16)12-13-6-10-18-11-7-13/h13-14,16H,2-12H2,1H3. The molecule has 3 nitrogen and oxygen atoms in total. The Kier molecular flexibility index (Phi) is 5.46. The van der Waals surface area contributed by atoms with Gasteiger partial charge in [0.05, 0.1) is 11.7 Å². The minimum atomic E-state index is -0.302. The number of hydrogen-bond donors (Lipinski definition) is 1. The summed E-state index contributed by atoms with van der Waals surface area (Å²) in [5.74, 6) is 0.615. The van der Waals surface area contributed by atoms with Crippen molar-refractivity contribution in [2.45, 2.75) is 69.5 Å². The van der Waals surface area contributed by atoms with Crippen molar-refractivity contribution in [3.63, 3.8) is 0 Å². The number of aliphatic hydroxyl groups excluding tert-OH is 1. The lowest BCUT2D eigenvalue weighted by Gasteiger charge is -2.38. The largest absolute Gasteiger partial charge is 0.390 e. The van der Waals surface area contributed by atoms with Gasteiger partial charge in [0.25, 0.3) is 0 Å². The highest BCUT2D eigenvalue weighted by molar-refractivity contribution is 4.91. The van der Waals surface area contributed by atoms with Gasteiger partial charge in [-0.25, -0.2) is 0 Å². The van der Waals surface area contributed by atoms with Crippen LogP contribution in [0.1, 0.15) is 57.8 Å². The highest BCUT2D eigenvalue weighted by Crippen LogP contribution is 2.36. The van der Waals surface area contributed by atoms with Crippen molar-refractivity contribution < 1.29 is 14.6 Å². The molecule has 1 aliphatic heterocycles. The maximum Gasteiger partial charge on any atom is 0.0936 e. The van der Waals surface area contributed by atoms with E-state index in [0.29, 0.717) is 5.92 Å². The van der Waals surface area contributed by atoms with Crippen LogP contribution in [0.15, 0.2) is 0 Å². The maximum absolute atomic E-state index is 10.6. The number of ether oxygens (including phenoxy) is 2. The molecule has 0 bridgehead atoms. The summed E-state index contributed by atoms with van der Waals surface area (Å²) < 4.78 is 11.2. The van der Waals surface area contributed by atoms with Gasteiger partial charge in [-0.2, -0.15) is 0 Å². The first-order valence-electron chi connectivity index (χ1n) is 7.58. The van der Waals surface area contributed by atoms with Gasteiger partial charge in [0.1, 0.15) is 0 Å². The van der Waals surface area contributed by atoms with Crippen molar-refractivity contribution in [2.75, 3.05) is 20.3 Å². The van der Waals surface area contributed by atoms with E-state index in [2.05, 4.69) is 0 Å². The van der Waals surface area contributed by atoms with Gasteiger partial charge in [0.15, 0.2) is 0 Å². The smallest absolute Gasteiger partial charge is 0.0936 e. The van der Waals surface area contributed by atoms with Crippen molar-refractivity contribution in [1.82, 2.24) is 0 Å². The third-order valence-electron chi connectivity index (χ3n) is 4.86. The van der Waals surface area contributed by atoms with Gasteiger partial charge < -0.3 is 14.6 Å². The molecule has 18 heavy (non-hydrogen) atoms. The molecule has 2 rings (SSSR count). The fourth-order valence-corrected chi connectivity index (χ4v) is 3.51. The van der Waals surface area contributed by atoms with Crippen LogP contribution in [0.3, 0.4) is 0 Å². The summed E-state index contributed by atoms with van der Waals surface area (Å²) in [7, 11) is 1.78. The van der Waals surface area contributed by atoms with Crippen LogP contribution in [0.25, 0.3) is 0 Å². The summed E-state index contributed by atoms with van der Waals surface area (Å²) >= 11 is 0. The Bertz CT molecular complexity index is 228. The lowest BCUT2D eigenvalue weighted by Crippen LogP contribution is -2.45. The van der Waals surface area contributed by atoms with Crippen molar-refractivity contribution >= 4 is 0 Å². The lowest BCUT2D eigenvalue weighted by atomic mass is 9.81. The summed E-state index contributed by atoms with van der Waals surface area (Å²) in [6, 6.07) is 0. The van der Waals surface area contributed by atoms with E-state index in [1.54, 1.807) is 7.11 Å². The first-order valence-corrected chi connectivity index (χ1v) is 7.58. The van der Waals surface area contributed by atoms with Crippen LogP contribution in [0.5, 0.6) is 0 Å². The second kappa shape index (κ2) is 6.88. The summed E-state index contributed by atoms with van der Waals surface area (Å²) in [6.07, 6.45) is 9.78. The highest BCUT2D eigenvalue weighted by Gasteiger charge is 2.39. The average molecular weight is 256 g/mol. The van der Waals surface area contributed by atoms with Gasteiger partial charge in [0, 0.05) is 20.3 Å². The van der Waals surface area contributed by atoms with Gasteiger partial charge in [-0.15, -0.1) is 0 Å². The molecule has 2 aliphatic rings. The third kappa shape index (κ3) is 3.46. The predicted octanol–water partition coefficient (Wildman–Crippen LogP) is 2.90. The quantitative estimate of drug-likeness (QED) is 0.786. The maximum atomic E-state index is 10.6. The predicted molar refractivity (Wildman–Crippen MR) is 71.6 cm³/mol. The van der Waals surface area contributed by atoms with Gasteiger partial charge in [0.2, 0.25) is 0 Å². The summed E-state index contributed by atoms with van der Waals surface area (Å²) in [5.41, 5.74) is -0.269. The van der Waals surface area contributed by atoms with E-state index in [1.807, 2.05) is 0 Å². The van der Waals surface area contributed by atoms with E-state index >= 15 is 0 Å². The van der Waals surface area contributed by atoms with E-state index in [0.717, 1.165) is 45.3 Å². The topological polar surface area (TPSA) is 38.7 Å². The number of rotatable bonds is 4. The van der Waals surface area contributed by atoms with Crippen LogP contribution in [0, 0.1) is 5.92 Å². The summed E-state index contributed by atoms with van der Waals surface area (Å²) in [6.45, 7) is 1.72. The van der Waals surface area contributed by atoms with Crippen LogP contribution in [-0.4, -0.2) is 37.1 Å². The van der Waals surface area contributed by atoms with E-state index in [4.69, 9.17) is 9.47 Å². The van der Waals surface area contributed by atoms with Gasteiger partial charge >= 0.3 is 0 Å². The molecule has 3 heteroatoms. The van der Waals surface area contributed by atoms with Crippen molar-refractivity contribution in [1.29, 1.82) is 0 Å². The zero-order chi connectivity index (χ0) is 12.8. The molecular weight excluding hydrogens is 228 g/mol. The SMILES string of the molecule is COC1(C(O)CC2CCOCC2)CCCCCC1. The zero-order valence-corrected chi connectivity index (χ0v) is 11.7. The Morgan fingerprint density at radius 2 is 1.78 bits per heavy atom. The molecule has 0 amide bonds. The Labute approximate surface area is 111 Å². The van der Waals surface area contributed by atoms with Crippen molar-refractivity contribution in [3.05, 3.63) is 0 Å². The molecule has 1 aliphatic carbocycles. The highest BCUT2D eigenvalue weighted by atomic mass is 16.5. The third-order valence-corrected chi connectivity index (χ3v) is 4.86. The van der Waals surface area contributed by atoms with Crippen LogP contribution < -0.4 is 0 Å². The number of methoxy groups -OCH3 is 1. The van der Waals surface area contributed by atoms with Crippen molar-refractivity contribution in [2.24, 2.45) is 5.92 Å². The number of hydrogen-bond acceptors (Lipinski definition) is 3. The molecule has 0 spiro atoms. The molecule has 1 saturated carbocycles. The second-order valence-electron chi connectivity index (χ2n) is 5.99. The minimum absolute atomic E-state index is 0.269. The van der Waals surface area contributed by atoms with Crippen LogP contribution in [-0.2, 0) is 9.47 Å². The molecule has 0 aromatic carbocycles. The molecule has 0 radical (unpaired) electrons. The summed E-state index contributed by atoms with van der Waals surface area (Å²) in [4.78, 5) is 0. The van der Waals surface area contributed by atoms with Gasteiger partial charge in [-0.3, -0.25) is 0 Å². The van der Waals surface area contributed by atoms with Crippen LogP contribution in [0.2, 0.25) is 0 Å². The molecule has 106 valence electrons. The van der Waals surface area contributed by atoms with Gasteiger partial charge in [-0.1, -0.05) is 25.7 Å². The molecule has 0 aromatic heterocycles. The van der Waals surface area contributed by atoms with E-state index in [-0.39, 0.29) is 11.7 Å². The fraction of sp³-hybridized carbons (Fsp3) is 1.00. The monoisotopic (exact) mass is 256 g/mol. The first-order chi connectivity index (χ1) is 8.77. The van der Waals surface area contributed by atoms with E-state index < -0.39 is 0 Å². The van der Waals surface area contributed by atoms with Crippen LogP contribution in [0.4, 0.5) is 0 Å². The normalized spacial score (nSPS) is 27.7. The fourth-order valence-electron chi connectivity index (χ4n) is 3.51. The number of aliphatic hydroxyl groups is 1. The second-order valence-corrected chi connectivity index (χ2v) is 5.99. The molecule has 1 saturated heterocycles. The van der Waals surface area contributed by atoms with Crippen molar-refractivity contribution in [3.8, 4) is 0 Å². The molecule has 1 heterocycles. The summed E-state index contributed by atoms with van der Waals surface area (Å²) in [5, 5.41) is 10.6. The lowest BCUT2D eigenvalue weighted by molar-refractivity contribution is -0.121. The van der Waals surface area contributed by atoms with Gasteiger partial charge in [-0.05, 0) is 38.0 Å². The van der Waals surface area contributed by atoms with E-state index in [1.165, 1.54) is 25.7 Å². The Morgan fingerprint density at radius 1 is 1.17 bits per heavy atom. The minimum Gasteiger partial charge on any atom is -0.390 e. The van der Waals surface area contributed by atoms with E-state index in [9.17, 15) is 5.11 Å². The van der Waals surface area contributed by atoms with Crippen LogP contribution >= 0.6 is 0 Å². The molecule has 1 unspecified atom stereocenters. The molecule has 0 aromatic rings. The molecule has 2 fully saturated rings.